The number of aryl methyl sites for hydroxylation is 1. The summed E-state index contributed by atoms with van der Waals surface area (Å²) >= 11 is 1.49. The van der Waals surface area contributed by atoms with Crippen LogP contribution < -0.4 is 10.1 Å². The molecule has 2 heterocycles. The first-order valence-corrected chi connectivity index (χ1v) is 7.82. The number of rotatable bonds is 3. The Morgan fingerprint density at radius 3 is 2.91 bits per heavy atom. The summed E-state index contributed by atoms with van der Waals surface area (Å²) in [6.45, 7) is 1.91. The molecule has 0 aliphatic heterocycles. The lowest BCUT2D eigenvalue weighted by molar-refractivity contribution is 0.416. The molecule has 7 heteroatoms. The van der Waals surface area contributed by atoms with E-state index in [0.717, 1.165) is 27.1 Å². The molecule has 0 unspecified atom stereocenters. The van der Waals surface area contributed by atoms with Crippen molar-refractivity contribution in [3.05, 3.63) is 42.0 Å². The van der Waals surface area contributed by atoms with Crippen molar-refractivity contribution in [1.29, 1.82) is 0 Å². The van der Waals surface area contributed by atoms with Gasteiger partial charge in [-0.2, -0.15) is 0 Å². The Balaban J connectivity index is 1.81. The number of anilines is 2. The molecule has 0 fully saturated rings. The zero-order chi connectivity index (χ0) is 16.0. The average Bonchev–Trinajstić information content (AvgIpc) is 3.09. The van der Waals surface area contributed by atoms with Crippen molar-refractivity contribution >= 4 is 43.4 Å². The molecular formula is C16H13FN4OS. The smallest absolute Gasteiger partial charge is 0.188 e. The molecule has 23 heavy (non-hydrogen) atoms. The van der Waals surface area contributed by atoms with E-state index in [1.54, 1.807) is 13.2 Å². The van der Waals surface area contributed by atoms with E-state index in [1.165, 1.54) is 23.5 Å². The predicted molar refractivity (Wildman–Crippen MR) is 90.2 cm³/mol. The van der Waals surface area contributed by atoms with Crippen LogP contribution in [0.1, 0.15) is 5.82 Å². The first-order valence-electron chi connectivity index (χ1n) is 7.00. The van der Waals surface area contributed by atoms with E-state index < -0.39 is 0 Å². The van der Waals surface area contributed by atoms with Gasteiger partial charge in [0.1, 0.15) is 22.9 Å². The van der Waals surface area contributed by atoms with Crippen LogP contribution in [0.15, 0.2) is 30.3 Å². The number of hydrogen-bond donors (Lipinski definition) is 2. The fourth-order valence-corrected chi connectivity index (χ4v) is 3.42. The van der Waals surface area contributed by atoms with Crippen LogP contribution in [0, 0.1) is 12.7 Å². The van der Waals surface area contributed by atoms with Gasteiger partial charge >= 0.3 is 0 Å². The number of fused-ring (bicyclic) bond motifs is 3. The van der Waals surface area contributed by atoms with Gasteiger partial charge in [0, 0.05) is 6.07 Å². The summed E-state index contributed by atoms with van der Waals surface area (Å²) in [7, 11) is 1.55. The number of thiazole rings is 1. The van der Waals surface area contributed by atoms with Gasteiger partial charge in [0.15, 0.2) is 5.13 Å². The summed E-state index contributed by atoms with van der Waals surface area (Å²) in [5, 5.41) is 3.80. The maximum Gasteiger partial charge on any atom is 0.188 e. The zero-order valence-electron chi connectivity index (χ0n) is 12.5. The summed E-state index contributed by atoms with van der Waals surface area (Å²) in [5.74, 6) is 1.08. The van der Waals surface area contributed by atoms with Crippen LogP contribution in [-0.2, 0) is 0 Å². The summed E-state index contributed by atoms with van der Waals surface area (Å²) in [4.78, 5) is 12.3. The second-order valence-corrected chi connectivity index (χ2v) is 6.15. The largest absolute Gasteiger partial charge is 0.495 e. The maximum absolute atomic E-state index is 13.5. The van der Waals surface area contributed by atoms with Crippen LogP contribution in [0.3, 0.4) is 0 Å². The Hall–Kier alpha value is -2.67. The Morgan fingerprint density at radius 1 is 1.22 bits per heavy atom. The molecule has 0 amide bonds. The molecule has 4 rings (SSSR count). The lowest BCUT2D eigenvalue weighted by atomic mass is 10.3. The quantitative estimate of drug-likeness (QED) is 0.586. The van der Waals surface area contributed by atoms with Gasteiger partial charge in [-0.05, 0) is 31.2 Å². The highest BCUT2D eigenvalue weighted by Gasteiger charge is 2.12. The number of nitrogens with one attached hydrogen (secondary N) is 2. The molecule has 2 N–H and O–H groups in total. The average molecular weight is 328 g/mol. The molecule has 0 aliphatic rings. The number of methoxy groups -OCH3 is 1. The molecule has 116 valence electrons. The maximum atomic E-state index is 13.5. The summed E-state index contributed by atoms with van der Waals surface area (Å²) in [6.07, 6.45) is 0. The van der Waals surface area contributed by atoms with Gasteiger partial charge in [0.05, 0.1) is 28.5 Å². The summed E-state index contributed by atoms with van der Waals surface area (Å²) in [5.41, 5.74) is 3.19. The first kappa shape index (κ1) is 14.0. The van der Waals surface area contributed by atoms with E-state index in [-0.39, 0.29) is 5.82 Å². The van der Waals surface area contributed by atoms with Gasteiger partial charge in [-0.25, -0.2) is 14.4 Å². The monoisotopic (exact) mass is 328 g/mol. The number of ether oxygens (including phenoxy) is 1. The van der Waals surface area contributed by atoms with E-state index in [1.807, 2.05) is 19.1 Å². The number of H-pyrrole nitrogens is 1. The highest BCUT2D eigenvalue weighted by Crippen LogP contribution is 2.34. The van der Waals surface area contributed by atoms with E-state index in [0.29, 0.717) is 16.6 Å². The molecule has 0 saturated heterocycles. The Bertz CT molecular complexity index is 1020. The van der Waals surface area contributed by atoms with Crippen molar-refractivity contribution in [2.24, 2.45) is 0 Å². The highest BCUT2D eigenvalue weighted by molar-refractivity contribution is 7.22. The van der Waals surface area contributed by atoms with Crippen molar-refractivity contribution in [2.75, 3.05) is 12.4 Å². The van der Waals surface area contributed by atoms with Gasteiger partial charge < -0.3 is 15.0 Å². The van der Waals surface area contributed by atoms with Crippen molar-refractivity contribution < 1.29 is 9.13 Å². The Morgan fingerprint density at radius 2 is 2.09 bits per heavy atom. The molecule has 0 spiro atoms. The molecule has 0 aliphatic carbocycles. The molecule has 2 aromatic carbocycles. The minimum Gasteiger partial charge on any atom is -0.495 e. The number of halogens is 1. The standard InChI is InChI=1S/C16H13FN4OS/c1-8-18-10-4-6-13-15(14(10)19-8)21-16(23-13)20-11-7-9(17)3-5-12(11)22-2/h3-7H,1-2H3,(H,18,19)(H,20,21). The summed E-state index contributed by atoms with van der Waals surface area (Å²) in [6, 6.07) is 8.29. The number of hydrogen-bond acceptors (Lipinski definition) is 5. The number of nitrogens with zero attached hydrogens (tertiary/aromatic N) is 2. The fraction of sp³-hybridized carbons (Fsp3) is 0.125. The Kier molecular flexibility index (Phi) is 3.16. The molecule has 0 bridgehead atoms. The molecule has 5 nitrogen and oxygen atoms in total. The topological polar surface area (TPSA) is 62.8 Å². The molecule has 4 aromatic rings. The number of aromatic nitrogens is 3. The van der Waals surface area contributed by atoms with E-state index in [9.17, 15) is 4.39 Å². The second-order valence-electron chi connectivity index (χ2n) is 5.12. The van der Waals surface area contributed by atoms with Crippen LogP contribution in [0.4, 0.5) is 15.2 Å². The van der Waals surface area contributed by atoms with E-state index in [4.69, 9.17) is 4.74 Å². The van der Waals surface area contributed by atoms with Crippen molar-refractivity contribution in [3.8, 4) is 5.75 Å². The third-order valence-corrected chi connectivity index (χ3v) is 4.47. The predicted octanol–water partition coefficient (Wildman–Crippen LogP) is 4.37. The van der Waals surface area contributed by atoms with Crippen LogP contribution in [-0.4, -0.2) is 22.1 Å². The SMILES string of the molecule is COc1ccc(F)cc1Nc1nc2c(ccc3nc(C)[nH]c32)s1. The fourth-order valence-electron chi connectivity index (χ4n) is 2.54. The second kappa shape index (κ2) is 5.20. The summed E-state index contributed by atoms with van der Waals surface area (Å²) < 4.78 is 19.8. The normalized spacial score (nSPS) is 11.3. The van der Waals surface area contributed by atoms with Gasteiger partial charge in [0.2, 0.25) is 0 Å². The minimum atomic E-state index is -0.332. The van der Waals surface area contributed by atoms with Crippen LogP contribution in [0.5, 0.6) is 5.75 Å². The third kappa shape index (κ3) is 2.39. The minimum absolute atomic E-state index is 0.332. The zero-order valence-corrected chi connectivity index (χ0v) is 13.3. The van der Waals surface area contributed by atoms with Crippen molar-refractivity contribution in [3.63, 3.8) is 0 Å². The van der Waals surface area contributed by atoms with E-state index >= 15 is 0 Å². The lowest BCUT2D eigenvalue weighted by Crippen LogP contribution is -1.94. The van der Waals surface area contributed by atoms with Crippen LogP contribution >= 0.6 is 11.3 Å². The highest BCUT2D eigenvalue weighted by atomic mass is 32.1. The number of aromatic amines is 1. The number of benzene rings is 2. The lowest BCUT2D eigenvalue weighted by Gasteiger charge is -2.08. The Labute approximate surface area is 135 Å². The van der Waals surface area contributed by atoms with Crippen molar-refractivity contribution in [2.45, 2.75) is 6.92 Å². The van der Waals surface area contributed by atoms with Gasteiger partial charge in [-0.3, -0.25) is 0 Å². The van der Waals surface area contributed by atoms with Gasteiger partial charge in [-0.1, -0.05) is 11.3 Å². The van der Waals surface area contributed by atoms with E-state index in [2.05, 4.69) is 20.3 Å². The molecule has 0 atom stereocenters. The van der Waals surface area contributed by atoms with Gasteiger partial charge in [-0.15, -0.1) is 0 Å². The molecule has 0 saturated carbocycles. The number of imidazole rings is 1. The van der Waals surface area contributed by atoms with Crippen LogP contribution in [0.2, 0.25) is 0 Å². The van der Waals surface area contributed by atoms with Gasteiger partial charge in [0.25, 0.3) is 0 Å². The van der Waals surface area contributed by atoms with Crippen molar-refractivity contribution in [1.82, 2.24) is 15.0 Å². The molecular weight excluding hydrogens is 315 g/mol. The first-order chi connectivity index (χ1) is 11.1. The van der Waals surface area contributed by atoms with Crippen LogP contribution in [0.25, 0.3) is 21.3 Å². The molecule has 0 radical (unpaired) electrons. The third-order valence-electron chi connectivity index (χ3n) is 3.54. The molecule has 2 aromatic heterocycles.